The van der Waals surface area contributed by atoms with E-state index in [1.165, 1.54) is 27.7 Å². The highest BCUT2D eigenvalue weighted by atomic mass is 32.1. The zero-order chi connectivity index (χ0) is 32.5. The van der Waals surface area contributed by atoms with E-state index in [2.05, 4.69) is 30.9 Å². The highest BCUT2D eigenvalue weighted by Gasteiger charge is 2.36. The Morgan fingerprint density at radius 1 is 0.957 bits per heavy atom. The molecule has 46 heavy (non-hydrogen) atoms. The van der Waals surface area contributed by atoms with Gasteiger partial charge in [-0.2, -0.15) is 15.2 Å². The van der Waals surface area contributed by atoms with Gasteiger partial charge in [0.25, 0.3) is 5.91 Å². The van der Waals surface area contributed by atoms with Crippen LogP contribution in [0.5, 0.6) is 0 Å². The first-order chi connectivity index (χ1) is 22.2. The number of hydrazone groups is 2. The summed E-state index contributed by atoms with van der Waals surface area (Å²) in [6.07, 6.45) is 5.48. The minimum atomic E-state index is -0.458. The molecule has 238 valence electrons. The highest BCUT2D eigenvalue weighted by molar-refractivity contribution is 7.14. The Balaban J connectivity index is 1.15. The number of amides is 2. The van der Waals surface area contributed by atoms with E-state index in [1.807, 2.05) is 74.0 Å². The van der Waals surface area contributed by atoms with E-state index in [0.717, 1.165) is 36.8 Å². The van der Waals surface area contributed by atoms with Gasteiger partial charge in [-0.05, 0) is 45.7 Å². The van der Waals surface area contributed by atoms with Crippen LogP contribution in [-0.2, 0) is 14.3 Å². The molecule has 11 nitrogen and oxygen atoms in total. The van der Waals surface area contributed by atoms with Crippen LogP contribution in [-0.4, -0.2) is 51.3 Å². The van der Waals surface area contributed by atoms with Crippen LogP contribution in [0.15, 0.2) is 81.8 Å². The quantitative estimate of drug-likeness (QED) is 0.0950. The molecule has 2 aromatic heterocycles. The predicted octanol–water partition coefficient (Wildman–Crippen LogP) is 6.51. The number of carbonyl (C=O) groups excluding carboxylic acids is 3. The summed E-state index contributed by atoms with van der Waals surface area (Å²) < 4.78 is 5.33. The SMILES string of the molecule is CC(C)(C)OC(=O)CCCCCCNC(=O)c1ccc(-c2csc(N3N=C(c4ccccc4)/C(=N\Nc4nccs4)C3=O)n2)cc1. The van der Waals surface area contributed by atoms with Crippen LogP contribution in [0.2, 0.25) is 0 Å². The number of nitrogens with one attached hydrogen (secondary N) is 2. The van der Waals surface area contributed by atoms with Gasteiger partial charge in [-0.15, -0.1) is 22.7 Å². The maximum absolute atomic E-state index is 13.5. The number of benzene rings is 2. The Morgan fingerprint density at radius 3 is 2.43 bits per heavy atom. The van der Waals surface area contributed by atoms with Crippen molar-refractivity contribution in [1.82, 2.24) is 15.3 Å². The fourth-order valence-electron chi connectivity index (χ4n) is 4.53. The van der Waals surface area contributed by atoms with Gasteiger partial charge in [-0.25, -0.2) is 9.97 Å². The van der Waals surface area contributed by atoms with Crippen molar-refractivity contribution in [3.8, 4) is 11.3 Å². The standard InChI is InChI=1S/C33H35N7O4S2/c1-33(2,3)44-26(41)13-9-4-5-10-18-34-29(42)24-16-14-22(15-17-24)25-21-46-32(36-25)40-30(43)28(37-38-31-35-19-20-45-31)27(39-40)23-11-7-6-8-12-23/h6-8,11-12,14-17,19-21H,4-5,9-10,13,18H2,1-3H3,(H,34,42)(H,35,38)/b37-28+. The molecule has 0 fully saturated rings. The summed E-state index contributed by atoms with van der Waals surface area (Å²) in [7, 11) is 0. The molecule has 0 bridgehead atoms. The molecule has 3 heterocycles. The van der Waals surface area contributed by atoms with Gasteiger partial charge in [0.15, 0.2) is 5.71 Å². The number of ether oxygens (including phenoxy) is 1. The third kappa shape index (κ3) is 8.70. The van der Waals surface area contributed by atoms with Crippen molar-refractivity contribution in [2.24, 2.45) is 10.2 Å². The topological polar surface area (TPSA) is 138 Å². The van der Waals surface area contributed by atoms with Crippen molar-refractivity contribution >= 4 is 62.1 Å². The molecule has 1 aliphatic heterocycles. The number of esters is 1. The molecule has 0 spiro atoms. The van der Waals surface area contributed by atoms with Crippen molar-refractivity contribution in [2.45, 2.75) is 58.5 Å². The maximum Gasteiger partial charge on any atom is 0.306 e. The minimum Gasteiger partial charge on any atom is -0.460 e. The Bertz CT molecular complexity index is 1710. The van der Waals surface area contributed by atoms with Crippen LogP contribution in [0.4, 0.5) is 10.3 Å². The molecule has 0 unspecified atom stereocenters. The van der Waals surface area contributed by atoms with Crippen molar-refractivity contribution < 1.29 is 19.1 Å². The molecule has 0 saturated heterocycles. The number of carbonyl (C=O) groups is 3. The van der Waals surface area contributed by atoms with E-state index in [0.29, 0.717) is 40.2 Å². The molecule has 0 aliphatic carbocycles. The third-order valence-electron chi connectivity index (χ3n) is 6.69. The van der Waals surface area contributed by atoms with Gasteiger partial charge in [0, 0.05) is 46.6 Å². The summed E-state index contributed by atoms with van der Waals surface area (Å²) in [5, 5.41) is 17.8. The number of unbranched alkanes of at least 4 members (excludes halogenated alkanes) is 3. The molecule has 5 rings (SSSR count). The van der Waals surface area contributed by atoms with Gasteiger partial charge in [-0.1, -0.05) is 55.3 Å². The number of thiazole rings is 2. The Kier molecular flexibility index (Phi) is 10.7. The first-order valence-electron chi connectivity index (χ1n) is 15.0. The second kappa shape index (κ2) is 15.0. The Labute approximate surface area is 275 Å². The van der Waals surface area contributed by atoms with Crippen molar-refractivity contribution in [1.29, 1.82) is 0 Å². The molecular formula is C33H35N7O4S2. The molecule has 0 atom stereocenters. The molecule has 2 aromatic carbocycles. The summed E-state index contributed by atoms with van der Waals surface area (Å²) in [4.78, 5) is 46.8. The van der Waals surface area contributed by atoms with E-state index in [1.54, 1.807) is 18.3 Å². The second-order valence-electron chi connectivity index (χ2n) is 11.4. The summed E-state index contributed by atoms with van der Waals surface area (Å²) in [6, 6.07) is 16.6. The number of hydrogen-bond donors (Lipinski definition) is 2. The van der Waals surface area contributed by atoms with Crippen LogP contribution in [0.1, 0.15) is 68.8 Å². The molecular weight excluding hydrogens is 623 g/mol. The van der Waals surface area contributed by atoms with E-state index in [-0.39, 0.29) is 17.6 Å². The van der Waals surface area contributed by atoms with E-state index in [4.69, 9.17) is 4.74 Å². The zero-order valence-electron chi connectivity index (χ0n) is 25.9. The van der Waals surface area contributed by atoms with Crippen molar-refractivity contribution in [3.63, 3.8) is 0 Å². The summed E-state index contributed by atoms with van der Waals surface area (Å²) in [5.74, 6) is -0.727. The lowest BCUT2D eigenvalue weighted by Gasteiger charge is -2.19. The summed E-state index contributed by atoms with van der Waals surface area (Å²) in [5.41, 5.74) is 5.75. The van der Waals surface area contributed by atoms with Crippen LogP contribution < -0.4 is 15.8 Å². The van der Waals surface area contributed by atoms with Gasteiger partial charge in [0.05, 0.1) is 5.69 Å². The van der Waals surface area contributed by atoms with Gasteiger partial charge in [0.2, 0.25) is 10.3 Å². The third-order valence-corrected chi connectivity index (χ3v) is 8.19. The van der Waals surface area contributed by atoms with Crippen LogP contribution in [0.25, 0.3) is 11.3 Å². The predicted molar refractivity (Wildman–Crippen MR) is 182 cm³/mol. The fraction of sp³-hybridized carbons (Fsp3) is 0.303. The minimum absolute atomic E-state index is 0.150. The number of anilines is 2. The lowest BCUT2D eigenvalue weighted by molar-refractivity contribution is -0.154. The van der Waals surface area contributed by atoms with Gasteiger partial charge < -0.3 is 10.1 Å². The van der Waals surface area contributed by atoms with Gasteiger partial charge >= 0.3 is 11.9 Å². The number of hydrogen-bond acceptors (Lipinski definition) is 11. The first kappa shape index (κ1) is 32.6. The first-order valence-corrected chi connectivity index (χ1v) is 16.7. The van der Waals surface area contributed by atoms with Crippen LogP contribution in [0.3, 0.4) is 0 Å². The smallest absolute Gasteiger partial charge is 0.306 e. The number of aromatic nitrogens is 2. The average Bonchev–Trinajstić information content (AvgIpc) is 3.80. The van der Waals surface area contributed by atoms with Crippen LogP contribution >= 0.6 is 22.7 Å². The van der Waals surface area contributed by atoms with Gasteiger partial charge in [0.1, 0.15) is 11.3 Å². The highest BCUT2D eigenvalue weighted by Crippen LogP contribution is 2.30. The average molecular weight is 658 g/mol. The molecule has 2 amide bonds. The number of nitrogens with zero attached hydrogens (tertiary/aromatic N) is 5. The number of rotatable bonds is 13. The zero-order valence-corrected chi connectivity index (χ0v) is 27.5. The molecule has 2 N–H and O–H groups in total. The largest absolute Gasteiger partial charge is 0.460 e. The lowest BCUT2D eigenvalue weighted by Crippen LogP contribution is -2.28. The lowest BCUT2D eigenvalue weighted by atomic mass is 10.1. The van der Waals surface area contributed by atoms with Gasteiger partial charge in [-0.3, -0.25) is 19.8 Å². The van der Waals surface area contributed by atoms with E-state index < -0.39 is 11.5 Å². The van der Waals surface area contributed by atoms with E-state index in [9.17, 15) is 14.4 Å². The Morgan fingerprint density at radius 2 is 1.72 bits per heavy atom. The molecule has 1 aliphatic rings. The summed E-state index contributed by atoms with van der Waals surface area (Å²) in [6.45, 7) is 6.15. The van der Waals surface area contributed by atoms with Crippen LogP contribution in [0, 0.1) is 0 Å². The monoisotopic (exact) mass is 657 g/mol. The second-order valence-corrected chi connectivity index (χ2v) is 13.2. The van der Waals surface area contributed by atoms with Crippen molar-refractivity contribution in [3.05, 3.63) is 82.7 Å². The van der Waals surface area contributed by atoms with Crippen molar-refractivity contribution in [2.75, 3.05) is 17.0 Å². The normalized spacial score (nSPS) is 14.0. The molecule has 13 heteroatoms. The van der Waals surface area contributed by atoms with E-state index >= 15 is 0 Å². The fourth-order valence-corrected chi connectivity index (χ4v) is 5.78. The maximum atomic E-state index is 13.5. The Hall–Kier alpha value is -4.75. The molecule has 0 saturated carbocycles. The summed E-state index contributed by atoms with van der Waals surface area (Å²) >= 11 is 2.66. The molecule has 4 aromatic rings. The molecule has 0 radical (unpaired) electrons.